The van der Waals surface area contributed by atoms with Gasteiger partial charge in [-0.05, 0) is 84.1 Å². The normalized spacial score (nSPS) is 24.1. The number of anilines is 2. The van der Waals surface area contributed by atoms with Crippen LogP contribution in [0.5, 0.6) is 11.5 Å². The van der Waals surface area contributed by atoms with E-state index in [-0.39, 0.29) is 42.5 Å². The molecule has 8 heteroatoms. The number of esters is 1. The van der Waals surface area contributed by atoms with Crippen LogP contribution in [0, 0.1) is 24.7 Å². The van der Waals surface area contributed by atoms with Crippen LogP contribution in [0.1, 0.15) is 53.0 Å². The number of hydrogen-bond acceptors (Lipinski definition) is 6. The number of carbonyl (C=O) groups is 4. The van der Waals surface area contributed by atoms with E-state index in [1.807, 2.05) is 31.2 Å². The van der Waals surface area contributed by atoms with Crippen molar-refractivity contribution in [1.82, 2.24) is 0 Å². The number of amides is 3. The molecule has 2 heterocycles. The van der Waals surface area contributed by atoms with Crippen LogP contribution in [0.15, 0.2) is 91.0 Å². The quantitative estimate of drug-likeness (QED) is 0.157. The number of carbonyl (C=O) groups excluding carboxylic acids is 4. The average Bonchev–Trinajstić information content (AvgIpc) is 3.58. The molecule has 2 saturated heterocycles. The van der Waals surface area contributed by atoms with E-state index in [0.717, 1.165) is 22.3 Å². The van der Waals surface area contributed by atoms with Gasteiger partial charge in [0.2, 0.25) is 17.7 Å². The van der Waals surface area contributed by atoms with Gasteiger partial charge >= 0.3 is 5.97 Å². The summed E-state index contributed by atoms with van der Waals surface area (Å²) in [6.45, 7) is 4.48. The number of rotatable bonds is 6. The number of ether oxygens (including phenoxy) is 2. The third-order valence-corrected chi connectivity index (χ3v) is 9.99. The molecular weight excluding hydrogens is 580 g/mol. The SMILES string of the molecule is CCOc1ccc(N2C[C@H](C(=O)Oc3ccc(N4C(=O)[C@@H]5C6c7ccccc7C(c7ccccc76)[C@@H]5C4=O)c(C)c3)CC2=O)cc1. The van der Waals surface area contributed by atoms with Gasteiger partial charge < -0.3 is 14.4 Å². The lowest BCUT2D eigenvalue weighted by Gasteiger charge is -2.45. The van der Waals surface area contributed by atoms with Crippen molar-refractivity contribution in [3.8, 4) is 11.5 Å². The van der Waals surface area contributed by atoms with Crippen LogP contribution in [-0.2, 0) is 19.2 Å². The minimum Gasteiger partial charge on any atom is -0.494 e. The molecule has 0 radical (unpaired) electrons. The Morgan fingerprint density at radius 3 is 1.83 bits per heavy atom. The first-order chi connectivity index (χ1) is 22.4. The second-order valence-corrected chi connectivity index (χ2v) is 12.5. The molecule has 2 bridgehead atoms. The monoisotopic (exact) mass is 612 g/mol. The second kappa shape index (κ2) is 10.7. The number of imide groups is 1. The van der Waals surface area contributed by atoms with E-state index in [0.29, 0.717) is 35.0 Å². The predicted octanol–water partition coefficient (Wildman–Crippen LogP) is 5.75. The highest BCUT2D eigenvalue weighted by molar-refractivity contribution is 6.23. The van der Waals surface area contributed by atoms with Crippen LogP contribution in [-0.4, -0.2) is 36.8 Å². The van der Waals surface area contributed by atoms with Crippen molar-refractivity contribution >= 4 is 35.1 Å². The van der Waals surface area contributed by atoms with Gasteiger partial charge in [-0.3, -0.25) is 19.2 Å². The van der Waals surface area contributed by atoms with E-state index in [9.17, 15) is 19.2 Å². The summed E-state index contributed by atoms with van der Waals surface area (Å²) in [5.74, 6) is -1.95. The lowest BCUT2D eigenvalue weighted by Crippen LogP contribution is -2.41. The summed E-state index contributed by atoms with van der Waals surface area (Å²) in [7, 11) is 0. The maximum atomic E-state index is 14.2. The van der Waals surface area contributed by atoms with Crippen molar-refractivity contribution in [2.45, 2.75) is 32.1 Å². The molecule has 46 heavy (non-hydrogen) atoms. The zero-order valence-electron chi connectivity index (χ0n) is 25.5. The Labute approximate surface area is 266 Å². The van der Waals surface area contributed by atoms with Crippen molar-refractivity contribution < 1.29 is 28.7 Å². The minimum atomic E-state index is -0.623. The fourth-order valence-electron chi connectivity index (χ4n) is 8.06. The van der Waals surface area contributed by atoms with E-state index in [4.69, 9.17) is 9.47 Å². The van der Waals surface area contributed by atoms with E-state index in [1.54, 1.807) is 54.3 Å². The topological polar surface area (TPSA) is 93.2 Å². The fourth-order valence-corrected chi connectivity index (χ4v) is 8.06. The molecule has 2 fully saturated rings. The molecule has 0 aromatic heterocycles. The molecule has 5 aliphatic rings. The number of nitrogens with zero attached hydrogens (tertiary/aromatic N) is 2. The molecule has 9 rings (SSSR count). The van der Waals surface area contributed by atoms with Gasteiger partial charge in [0.15, 0.2) is 0 Å². The summed E-state index contributed by atoms with van der Waals surface area (Å²) in [5.41, 5.74) is 6.34. The summed E-state index contributed by atoms with van der Waals surface area (Å²) < 4.78 is 11.2. The molecule has 3 aliphatic carbocycles. The first-order valence-electron chi connectivity index (χ1n) is 15.8. The standard InChI is InChI=1S/C38H32N2O6/c1-3-45-24-14-12-23(13-15-24)39-20-22(19-31(39)41)38(44)46-25-16-17-30(21(2)18-25)40-36(42)34-32-26-8-4-5-9-27(26)33(35(34)37(40)43)29-11-7-6-10-28(29)32/h4-18,22,32-35H,3,19-20H2,1-2H3/t22-,32?,33?,34-,35+/m1/s1. The Balaban J connectivity index is 1.01. The maximum absolute atomic E-state index is 14.2. The molecule has 0 unspecified atom stereocenters. The van der Waals surface area contributed by atoms with Crippen LogP contribution in [0.2, 0.25) is 0 Å². The predicted molar refractivity (Wildman–Crippen MR) is 171 cm³/mol. The minimum absolute atomic E-state index is 0.0514. The van der Waals surface area contributed by atoms with Gasteiger partial charge in [-0.1, -0.05) is 48.5 Å². The van der Waals surface area contributed by atoms with Crippen molar-refractivity contribution in [3.63, 3.8) is 0 Å². The molecule has 230 valence electrons. The molecule has 0 spiro atoms. The van der Waals surface area contributed by atoms with Crippen molar-refractivity contribution in [2.24, 2.45) is 17.8 Å². The molecule has 3 amide bonds. The smallest absolute Gasteiger partial charge is 0.316 e. The number of hydrogen-bond donors (Lipinski definition) is 0. The summed E-state index contributed by atoms with van der Waals surface area (Å²) >= 11 is 0. The summed E-state index contributed by atoms with van der Waals surface area (Å²) in [6.07, 6.45) is 0.0514. The second-order valence-electron chi connectivity index (χ2n) is 12.5. The maximum Gasteiger partial charge on any atom is 0.316 e. The average molecular weight is 613 g/mol. The van der Waals surface area contributed by atoms with Crippen molar-refractivity contribution in [3.05, 3.63) is 119 Å². The van der Waals surface area contributed by atoms with Gasteiger partial charge in [-0.15, -0.1) is 0 Å². The van der Waals surface area contributed by atoms with Gasteiger partial charge in [0.05, 0.1) is 30.0 Å². The first-order valence-corrected chi connectivity index (χ1v) is 15.8. The Morgan fingerprint density at radius 1 is 0.761 bits per heavy atom. The highest BCUT2D eigenvalue weighted by Gasteiger charge is 2.61. The van der Waals surface area contributed by atoms with E-state index in [2.05, 4.69) is 24.3 Å². The molecule has 4 aromatic carbocycles. The molecule has 8 nitrogen and oxygen atoms in total. The first kappa shape index (κ1) is 28.2. The third kappa shape index (κ3) is 4.20. The molecular formula is C38H32N2O6. The van der Waals surface area contributed by atoms with Crippen LogP contribution < -0.4 is 19.3 Å². The van der Waals surface area contributed by atoms with Crippen molar-refractivity contribution in [1.29, 1.82) is 0 Å². The van der Waals surface area contributed by atoms with Crippen LogP contribution in [0.25, 0.3) is 0 Å². The van der Waals surface area contributed by atoms with E-state index >= 15 is 0 Å². The third-order valence-electron chi connectivity index (χ3n) is 9.99. The highest BCUT2D eigenvalue weighted by atomic mass is 16.5. The number of benzene rings is 4. The van der Waals surface area contributed by atoms with Crippen molar-refractivity contribution in [2.75, 3.05) is 23.0 Å². The van der Waals surface area contributed by atoms with Crippen LogP contribution in [0.3, 0.4) is 0 Å². The van der Waals surface area contributed by atoms with Gasteiger partial charge in [0.25, 0.3) is 0 Å². The Bertz CT molecular complexity index is 1820. The van der Waals surface area contributed by atoms with Gasteiger partial charge in [0, 0.05) is 30.5 Å². The molecule has 0 saturated carbocycles. The highest BCUT2D eigenvalue weighted by Crippen LogP contribution is 2.61. The largest absolute Gasteiger partial charge is 0.494 e. The zero-order valence-corrected chi connectivity index (χ0v) is 25.5. The Hall–Kier alpha value is -5.24. The van der Waals surface area contributed by atoms with Crippen LogP contribution in [0.4, 0.5) is 11.4 Å². The van der Waals surface area contributed by atoms with Gasteiger partial charge in [-0.2, -0.15) is 0 Å². The summed E-state index contributed by atoms with van der Waals surface area (Å²) in [4.78, 5) is 57.2. The van der Waals surface area contributed by atoms with Crippen LogP contribution >= 0.6 is 0 Å². The summed E-state index contributed by atoms with van der Waals surface area (Å²) in [6, 6.07) is 28.5. The van der Waals surface area contributed by atoms with E-state index < -0.39 is 23.7 Å². The fraction of sp³-hybridized carbons (Fsp3) is 0.263. The lowest BCUT2D eigenvalue weighted by molar-refractivity contribution is -0.139. The molecule has 4 aromatic rings. The number of aryl methyl sites for hydroxylation is 1. The van der Waals surface area contributed by atoms with E-state index in [1.165, 1.54) is 4.90 Å². The molecule has 2 aliphatic heterocycles. The molecule has 3 atom stereocenters. The van der Waals surface area contributed by atoms with Gasteiger partial charge in [-0.25, -0.2) is 4.90 Å². The lowest BCUT2D eigenvalue weighted by atomic mass is 9.55. The molecule has 0 N–H and O–H groups in total. The van der Waals surface area contributed by atoms with Gasteiger partial charge in [0.1, 0.15) is 11.5 Å². The Kier molecular flexibility index (Phi) is 6.56. The zero-order chi connectivity index (χ0) is 31.7. The Morgan fingerprint density at radius 2 is 1.30 bits per heavy atom. The summed E-state index contributed by atoms with van der Waals surface area (Å²) in [5, 5.41) is 0.